The SMILES string of the molecule is CCCC(C)N(C)Cc1cc(C)ccc1O. The van der Waals surface area contributed by atoms with Crippen molar-refractivity contribution in [2.24, 2.45) is 0 Å². The van der Waals surface area contributed by atoms with Crippen molar-refractivity contribution < 1.29 is 5.11 Å². The highest BCUT2D eigenvalue weighted by molar-refractivity contribution is 5.35. The molecule has 1 atom stereocenters. The molecule has 1 N–H and O–H groups in total. The number of benzene rings is 1. The lowest BCUT2D eigenvalue weighted by molar-refractivity contribution is 0.234. The molecule has 0 aliphatic carbocycles. The van der Waals surface area contributed by atoms with Crippen molar-refractivity contribution in [2.75, 3.05) is 7.05 Å². The second-order valence-corrected chi connectivity index (χ2v) is 4.68. The van der Waals surface area contributed by atoms with E-state index in [0.29, 0.717) is 11.8 Å². The van der Waals surface area contributed by atoms with E-state index in [4.69, 9.17) is 0 Å². The Balaban J connectivity index is 2.68. The van der Waals surface area contributed by atoms with E-state index >= 15 is 0 Å². The molecule has 0 saturated heterocycles. The summed E-state index contributed by atoms with van der Waals surface area (Å²) in [6.45, 7) is 7.30. The Morgan fingerprint density at radius 2 is 2.06 bits per heavy atom. The fourth-order valence-electron chi connectivity index (χ4n) is 1.90. The van der Waals surface area contributed by atoms with Crippen LogP contribution < -0.4 is 0 Å². The molecule has 1 aromatic carbocycles. The molecule has 90 valence electrons. The summed E-state index contributed by atoms with van der Waals surface area (Å²) in [6, 6.07) is 6.34. The maximum atomic E-state index is 9.77. The minimum atomic E-state index is 0.404. The average molecular weight is 221 g/mol. The molecule has 2 heteroatoms. The molecule has 0 spiro atoms. The Bertz CT molecular complexity index is 336. The number of aryl methyl sites for hydroxylation is 1. The second-order valence-electron chi connectivity index (χ2n) is 4.68. The zero-order valence-corrected chi connectivity index (χ0v) is 10.8. The van der Waals surface area contributed by atoms with Gasteiger partial charge in [0.1, 0.15) is 5.75 Å². The minimum Gasteiger partial charge on any atom is -0.508 e. The molecular weight excluding hydrogens is 198 g/mol. The first kappa shape index (κ1) is 13.0. The Morgan fingerprint density at radius 3 is 2.69 bits per heavy atom. The molecule has 0 aromatic heterocycles. The zero-order chi connectivity index (χ0) is 12.1. The Morgan fingerprint density at radius 1 is 1.38 bits per heavy atom. The van der Waals surface area contributed by atoms with Crippen LogP contribution in [0.25, 0.3) is 0 Å². The van der Waals surface area contributed by atoms with Gasteiger partial charge >= 0.3 is 0 Å². The summed E-state index contributed by atoms with van der Waals surface area (Å²) in [6.07, 6.45) is 2.40. The largest absolute Gasteiger partial charge is 0.508 e. The smallest absolute Gasteiger partial charge is 0.120 e. The molecule has 0 heterocycles. The third-order valence-corrected chi connectivity index (χ3v) is 3.11. The van der Waals surface area contributed by atoms with Crippen LogP contribution in [0.3, 0.4) is 0 Å². The monoisotopic (exact) mass is 221 g/mol. The highest BCUT2D eigenvalue weighted by atomic mass is 16.3. The predicted octanol–water partition coefficient (Wildman–Crippen LogP) is 3.32. The van der Waals surface area contributed by atoms with Crippen molar-refractivity contribution in [1.29, 1.82) is 0 Å². The molecular formula is C14H23NO. The van der Waals surface area contributed by atoms with Gasteiger partial charge in [0.2, 0.25) is 0 Å². The van der Waals surface area contributed by atoms with E-state index < -0.39 is 0 Å². The Labute approximate surface area is 98.9 Å². The maximum absolute atomic E-state index is 9.77. The van der Waals surface area contributed by atoms with Crippen LogP contribution in [-0.4, -0.2) is 23.1 Å². The number of rotatable bonds is 5. The van der Waals surface area contributed by atoms with Crippen LogP contribution in [0.15, 0.2) is 18.2 Å². The number of aromatic hydroxyl groups is 1. The van der Waals surface area contributed by atoms with Gasteiger partial charge in [0.25, 0.3) is 0 Å². The Kier molecular flexibility index (Phi) is 4.81. The van der Waals surface area contributed by atoms with Crippen molar-refractivity contribution in [3.05, 3.63) is 29.3 Å². The van der Waals surface area contributed by atoms with Gasteiger partial charge in [-0.05, 0) is 33.4 Å². The number of nitrogens with zero attached hydrogens (tertiary/aromatic N) is 1. The lowest BCUT2D eigenvalue weighted by atomic mass is 10.1. The molecule has 2 nitrogen and oxygen atoms in total. The summed E-state index contributed by atoms with van der Waals surface area (Å²) in [4.78, 5) is 2.29. The molecule has 1 unspecified atom stereocenters. The third kappa shape index (κ3) is 3.53. The topological polar surface area (TPSA) is 23.5 Å². The first-order valence-corrected chi connectivity index (χ1v) is 6.03. The van der Waals surface area contributed by atoms with E-state index in [1.165, 1.54) is 18.4 Å². The molecule has 16 heavy (non-hydrogen) atoms. The predicted molar refractivity (Wildman–Crippen MR) is 68.7 cm³/mol. The van der Waals surface area contributed by atoms with Gasteiger partial charge in [0, 0.05) is 18.2 Å². The molecule has 1 aromatic rings. The van der Waals surface area contributed by atoms with Crippen molar-refractivity contribution in [2.45, 2.75) is 46.2 Å². The van der Waals surface area contributed by atoms with Gasteiger partial charge in [0.15, 0.2) is 0 Å². The third-order valence-electron chi connectivity index (χ3n) is 3.11. The van der Waals surface area contributed by atoms with Gasteiger partial charge in [-0.3, -0.25) is 4.90 Å². The van der Waals surface area contributed by atoms with Crippen LogP contribution >= 0.6 is 0 Å². The molecule has 0 bridgehead atoms. The minimum absolute atomic E-state index is 0.404. The van der Waals surface area contributed by atoms with E-state index in [9.17, 15) is 5.11 Å². The van der Waals surface area contributed by atoms with E-state index in [2.05, 4.69) is 38.8 Å². The highest BCUT2D eigenvalue weighted by Gasteiger charge is 2.10. The molecule has 0 saturated carbocycles. The second kappa shape index (κ2) is 5.90. The molecule has 0 aliphatic heterocycles. The fourth-order valence-corrected chi connectivity index (χ4v) is 1.90. The molecule has 0 amide bonds. The van der Waals surface area contributed by atoms with Gasteiger partial charge in [-0.2, -0.15) is 0 Å². The van der Waals surface area contributed by atoms with E-state index in [-0.39, 0.29) is 0 Å². The van der Waals surface area contributed by atoms with Gasteiger partial charge in [-0.25, -0.2) is 0 Å². The Hall–Kier alpha value is -1.02. The summed E-state index contributed by atoms with van der Waals surface area (Å²) < 4.78 is 0. The summed E-state index contributed by atoms with van der Waals surface area (Å²) >= 11 is 0. The highest BCUT2D eigenvalue weighted by Crippen LogP contribution is 2.20. The normalized spacial score (nSPS) is 13.1. The summed E-state index contributed by atoms with van der Waals surface area (Å²) in [5.41, 5.74) is 2.22. The van der Waals surface area contributed by atoms with Crippen molar-refractivity contribution in [3.63, 3.8) is 0 Å². The van der Waals surface area contributed by atoms with Crippen molar-refractivity contribution in [3.8, 4) is 5.75 Å². The van der Waals surface area contributed by atoms with Crippen molar-refractivity contribution >= 4 is 0 Å². The molecule has 0 radical (unpaired) electrons. The van der Waals surface area contributed by atoms with Crippen LogP contribution in [0.1, 0.15) is 37.8 Å². The average Bonchev–Trinajstić information content (AvgIpc) is 2.23. The first-order valence-electron chi connectivity index (χ1n) is 6.03. The number of phenolic OH excluding ortho intramolecular Hbond substituents is 1. The summed E-state index contributed by atoms with van der Waals surface area (Å²) in [7, 11) is 2.11. The lowest BCUT2D eigenvalue weighted by Crippen LogP contribution is -2.28. The van der Waals surface area contributed by atoms with Crippen LogP contribution in [0.5, 0.6) is 5.75 Å². The molecule has 0 fully saturated rings. The maximum Gasteiger partial charge on any atom is 0.120 e. The van der Waals surface area contributed by atoms with Gasteiger partial charge in [-0.1, -0.05) is 31.0 Å². The number of hydrogen-bond donors (Lipinski definition) is 1. The first-order chi connectivity index (χ1) is 7.54. The standard InChI is InChI=1S/C14H23NO/c1-5-6-12(3)15(4)10-13-9-11(2)7-8-14(13)16/h7-9,12,16H,5-6,10H2,1-4H3. The van der Waals surface area contributed by atoms with E-state index in [0.717, 1.165) is 12.1 Å². The van der Waals surface area contributed by atoms with Crippen molar-refractivity contribution in [1.82, 2.24) is 4.90 Å². The van der Waals surface area contributed by atoms with Gasteiger partial charge in [-0.15, -0.1) is 0 Å². The van der Waals surface area contributed by atoms with Gasteiger partial charge in [0.05, 0.1) is 0 Å². The zero-order valence-electron chi connectivity index (χ0n) is 10.8. The summed E-state index contributed by atoms with van der Waals surface area (Å²) in [5, 5.41) is 9.77. The van der Waals surface area contributed by atoms with Crippen LogP contribution in [0.4, 0.5) is 0 Å². The van der Waals surface area contributed by atoms with Gasteiger partial charge < -0.3 is 5.11 Å². The van der Waals surface area contributed by atoms with Crippen LogP contribution in [-0.2, 0) is 6.54 Å². The fraction of sp³-hybridized carbons (Fsp3) is 0.571. The van der Waals surface area contributed by atoms with E-state index in [1.807, 2.05) is 6.07 Å². The number of phenols is 1. The lowest BCUT2D eigenvalue weighted by Gasteiger charge is -2.24. The quantitative estimate of drug-likeness (QED) is 0.824. The molecule has 1 rings (SSSR count). The van der Waals surface area contributed by atoms with E-state index in [1.54, 1.807) is 6.07 Å². The summed E-state index contributed by atoms with van der Waals surface area (Å²) in [5.74, 6) is 0.404. The molecule has 0 aliphatic rings. The van der Waals surface area contributed by atoms with Crippen LogP contribution in [0, 0.1) is 6.92 Å². The number of hydrogen-bond acceptors (Lipinski definition) is 2. The van der Waals surface area contributed by atoms with Crippen LogP contribution in [0.2, 0.25) is 0 Å².